The lowest BCUT2D eigenvalue weighted by molar-refractivity contribution is -0.118. The SMILES string of the molecule is COc1cccc2c(C)cc(-n3ncc(C#N)c3NC(=O)COc3cccc(C)c3)nc12. The van der Waals surface area contributed by atoms with Gasteiger partial charge in [0, 0.05) is 5.39 Å². The number of hydrogen-bond acceptors (Lipinski definition) is 6. The number of amides is 1. The van der Waals surface area contributed by atoms with Gasteiger partial charge in [0.05, 0.1) is 13.3 Å². The molecular weight excluding hydrogens is 406 g/mol. The molecule has 0 aliphatic heterocycles. The van der Waals surface area contributed by atoms with Crippen LogP contribution >= 0.6 is 0 Å². The molecule has 0 bridgehead atoms. The van der Waals surface area contributed by atoms with Crippen molar-refractivity contribution in [3.8, 4) is 23.4 Å². The predicted molar refractivity (Wildman–Crippen MR) is 120 cm³/mol. The lowest BCUT2D eigenvalue weighted by atomic mass is 10.1. The summed E-state index contributed by atoms with van der Waals surface area (Å²) < 4.78 is 12.4. The molecule has 0 unspecified atom stereocenters. The second-order valence-electron chi connectivity index (χ2n) is 7.24. The molecule has 8 heteroatoms. The normalized spacial score (nSPS) is 10.6. The number of para-hydroxylation sites is 1. The maximum absolute atomic E-state index is 12.6. The van der Waals surface area contributed by atoms with Gasteiger partial charge in [0.1, 0.15) is 28.6 Å². The van der Waals surface area contributed by atoms with Crippen molar-refractivity contribution in [1.29, 1.82) is 5.26 Å². The average molecular weight is 427 g/mol. The lowest BCUT2D eigenvalue weighted by Crippen LogP contribution is -2.22. The number of nitrogens with one attached hydrogen (secondary N) is 1. The molecule has 4 aromatic rings. The van der Waals surface area contributed by atoms with Gasteiger partial charge in [-0.1, -0.05) is 24.3 Å². The van der Waals surface area contributed by atoms with Crippen LogP contribution in [0, 0.1) is 25.2 Å². The molecule has 2 aromatic carbocycles. The molecule has 0 saturated carbocycles. The minimum absolute atomic E-state index is 0.211. The van der Waals surface area contributed by atoms with Gasteiger partial charge < -0.3 is 14.8 Å². The Kier molecular flexibility index (Phi) is 5.73. The van der Waals surface area contributed by atoms with E-state index in [1.54, 1.807) is 13.2 Å². The monoisotopic (exact) mass is 427 g/mol. The van der Waals surface area contributed by atoms with Gasteiger partial charge >= 0.3 is 0 Å². The van der Waals surface area contributed by atoms with Crippen molar-refractivity contribution in [3.63, 3.8) is 0 Å². The summed E-state index contributed by atoms with van der Waals surface area (Å²) in [7, 11) is 1.58. The fraction of sp³-hybridized carbons (Fsp3) is 0.167. The number of ether oxygens (including phenoxy) is 2. The van der Waals surface area contributed by atoms with Crippen LogP contribution in [-0.2, 0) is 4.79 Å². The highest BCUT2D eigenvalue weighted by Crippen LogP contribution is 2.29. The number of methoxy groups -OCH3 is 1. The Morgan fingerprint density at radius 1 is 1.19 bits per heavy atom. The van der Waals surface area contributed by atoms with E-state index in [1.165, 1.54) is 10.9 Å². The van der Waals surface area contributed by atoms with Crippen LogP contribution in [0.4, 0.5) is 5.82 Å². The number of carbonyl (C=O) groups excluding carboxylic acids is 1. The molecule has 2 heterocycles. The summed E-state index contributed by atoms with van der Waals surface area (Å²) in [6.07, 6.45) is 1.39. The minimum atomic E-state index is -0.417. The van der Waals surface area contributed by atoms with Crippen molar-refractivity contribution in [3.05, 3.63) is 71.4 Å². The number of hydrogen-bond donors (Lipinski definition) is 1. The average Bonchev–Trinajstić information content (AvgIpc) is 3.19. The second-order valence-corrected chi connectivity index (χ2v) is 7.24. The molecular formula is C24H21N5O3. The first-order chi connectivity index (χ1) is 15.5. The summed E-state index contributed by atoms with van der Waals surface area (Å²) in [6, 6.07) is 17.0. The molecule has 0 spiro atoms. The maximum Gasteiger partial charge on any atom is 0.263 e. The number of anilines is 1. The molecule has 0 fully saturated rings. The van der Waals surface area contributed by atoms with Crippen LogP contribution in [0.1, 0.15) is 16.7 Å². The van der Waals surface area contributed by atoms with Gasteiger partial charge in [-0.05, 0) is 49.2 Å². The van der Waals surface area contributed by atoms with Gasteiger partial charge in [-0.3, -0.25) is 4.79 Å². The quantitative estimate of drug-likeness (QED) is 0.500. The van der Waals surface area contributed by atoms with E-state index in [4.69, 9.17) is 9.47 Å². The van der Waals surface area contributed by atoms with E-state index in [2.05, 4.69) is 21.5 Å². The first-order valence-corrected chi connectivity index (χ1v) is 9.92. The molecule has 0 atom stereocenters. The number of nitriles is 1. The maximum atomic E-state index is 12.6. The second kappa shape index (κ2) is 8.78. The molecule has 1 amide bonds. The fourth-order valence-corrected chi connectivity index (χ4v) is 3.39. The van der Waals surface area contributed by atoms with E-state index >= 15 is 0 Å². The Labute approximate surface area is 185 Å². The van der Waals surface area contributed by atoms with Gasteiger partial charge in [-0.25, -0.2) is 4.98 Å². The number of benzene rings is 2. The smallest absolute Gasteiger partial charge is 0.263 e. The van der Waals surface area contributed by atoms with Crippen LogP contribution < -0.4 is 14.8 Å². The molecule has 160 valence electrons. The molecule has 1 N–H and O–H groups in total. The van der Waals surface area contributed by atoms with Crippen LogP contribution in [-0.4, -0.2) is 34.4 Å². The van der Waals surface area contributed by atoms with E-state index < -0.39 is 5.91 Å². The van der Waals surface area contributed by atoms with E-state index in [1.807, 2.05) is 56.3 Å². The highest BCUT2D eigenvalue weighted by Gasteiger charge is 2.18. The standard InChI is InChI=1S/C24H21N5O3/c1-15-6-4-7-18(10-15)32-14-22(30)28-24-17(12-25)13-26-29(24)21-11-16(2)19-8-5-9-20(31-3)23(19)27-21/h4-11,13H,14H2,1-3H3,(H,28,30). The van der Waals surface area contributed by atoms with Crippen molar-refractivity contribution in [2.24, 2.45) is 0 Å². The van der Waals surface area contributed by atoms with E-state index in [0.29, 0.717) is 22.8 Å². The number of aromatic nitrogens is 3. The van der Waals surface area contributed by atoms with Crippen LogP contribution in [0.15, 0.2) is 54.7 Å². The van der Waals surface area contributed by atoms with Crippen molar-refractivity contribution >= 4 is 22.6 Å². The van der Waals surface area contributed by atoms with Gasteiger partial charge in [-0.15, -0.1) is 0 Å². The van der Waals surface area contributed by atoms with Crippen LogP contribution in [0.3, 0.4) is 0 Å². The Balaban J connectivity index is 1.65. The number of nitrogens with zero attached hydrogens (tertiary/aromatic N) is 4. The topological polar surface area (TPSA) is 102 Å². The predicted octanol–water partition coefficient (Wildman–Crippen LogP) is 3.94. The van der Waals surface area contributed by atoms with Gasteiger partial charge in [0.15, 0.2) is 18.2 Å². The van der Waals surface area contributed by atoms with Gasteiger partial charge in [0.25, 0.3) is 5.91 Å². The molecule has 0 aliphatic carbocycles. The largest absolute Gasteiger partial charge is 0.494 e. The molecule has 0 aliphatic rings. The Bertz CT molecular complexity index is 1350. The van der Waals surface area contributed by atoms with E-state index in [0.717, 1.165) is 16.5 Å². The number of carbonyl (C=O) groups is 1. The molecule has 4 rings (SSSR count). The Hall–Kier alpha value is -4.38. The van der Waals surface area contributed by atoms with Crippen LogP contribution in [0.25, 0.3) is 16.7 Å². The summed E-state index contributed by atoms with van der Waals surface area (Å²) in [5.41, 5.74) is 2.87. The summed E-state index contributed by atoms with van der Waals surface area (Å²) in [4.78, 5) is 17.3. The zero-order valence-electron chi connectivity index (χ0n) is 17.9. The molecule has 0 radical (unpaired) electrons. The highest BCUT2D eigenvalue weighted by molar-refractivity contribution is 5.93. The molecule has 0 saturated heterocycles. The van der Waals surface area contributed by atoms with Crippen molar-refractivity contribution in [2.45, 2.75) is 13.8 Å². The molecule has 8 nitrogen and oxygen atoms in total. The van der Waals surface area contributed by atoms with Crippen LogP contribution in [0.2, 0.25) is 0 Å². The number of rotatable bonds is 6. The Morgan fingerprint density at radius 3 is 2.75 bits per heavy atom. The van der Waals surface area contributed by atoms with Crippen LogP contribution in [0.5, 0.6) is 11.5 Å². The molecule has 2 aromatic heterocycles. The third-order valence-corrected chi connectivity index (χ3v) is 4.94. The van der Waals surface area contributed by atoms with E-state index in [-0.39, 0.29) is 18.0 Å². The van der Waals surface area contributed by atoms with Crippen molar-refractivity contribution in [2.75, 3.05) is 19.0 Å². The minimum Gasteiger partial charge on any atom is -0.494 e. The number of pyridine rings is 1. The first kappa shape index (κ1) is 20.9. The third-order valence-electron chi connectivity index (χ3n) is 4.94. The Morgan fingerprint density at radius 2 is 2.00 bits per heavy atom. The summed E-state index contributed by atoms with van der Waals surface area (Å²) in [6.45, 7) is 3.69. The van der Waals surface area contributed by atoms with Gasteiger partial charge in [-0.2, -0.15) is 15.0 Å². The summed E-state index contributed by atoms with van der Waals surface area (Å²) in [5, 5.41) is 17.5. The van der Waals surface area contributed by atoms with Crippen molar-refractivity contribution < 1.29 is 14.3 Å². The third kappa shape index (κ3) is 4.09. The number of aryl methyl sites for hydroxylation is 2. The number of fused-ring (bicyclic) bond motifs is 1. The molecule has 32 heavy (non-hydrogen) atoms. The lowest BCUT2D eigenvalue weighted by Gasteiger charge is -2.13. The van der Waals surface area contributed by atoms with Gasteiger partial charge in [0.2, 0.25) is 0 Å². The summed E-state index contributed by atoms with van der Waals surface area (Å²) >= 11 is 0. The zero-order chi connectivity index (χ0) is 22.7. The highest BCUT2D eigenvalue weighted by atomic mass is 16.5. The first-order valence-electron chi connectivity index (χ1n) is 9.92. The fourth-order valence-electron chi connectivity index (χ4n) is 3.39. The van der Waals surface area contributed by atoms with E-state index in [9.17, 15) is 10.1 Å². The zero-order valence-corrected chi connectivity index (χ0v) is 17.9. The summed E-state index contributed by atoms with van der Waals surface area (Å²) in [5.74, 6) is 1.48. The van der Waals surface area contributed by atoms with Crippen molar-refractivity contribution in [1.82, 2.24) is 14.8 Å².